The number of hydrogen-bond donors (Lipinski definition) is 0. The van der Waals surface area contributed by atoms with Crippen molar-refractivity contribution in [2.75, 3.05) is 5.75 Å². The number of allylic oxidation sites excluding steroid dienone is 1. The van der Waals surface area contributed by atoms with Crippen LogP contribution in [0.4, 0.5) is 8.78 Å². The lowest BCUT2D eigenvalue weighted by Crippen LogP contribution is -1.76. The molecule has 0 N–H and O–H groups in total. The van der Waals surface area contributed by atoms with Crippen molar-refractivity contribution in [3.05, 3.63) is 42.5 Å². The summed E-state index contributed by atoms with van der Waals surface area (Å²) in [5, 5.41) is 0. The quantitative estimate of drug-likeness (QED) is 0.524. The van der Waals surface area contributed by atoms with E-state index in [9.17, 15) is 8.78 Å². The Morgan fingerprint density at radius 2 is 1.92 bits per heavy atom. The SMILES string of the molecule is FC(F)=CCCSc1ccccc1. The topological polar surface area (TPSA) is 0 Å². The van der Waals surface area contributed by atoms with E-state index in [0.29, 0.717) is 12.2 Å². The Labute approximate surface area is 80.7 Å². The van der Waals surface area contributed by atoms with E-state index in [1.807, 2.05) is 30.3 Å². The Morgan fingerprint density at radius 1 is 1.23 bits per heavy atom. The molecule has 1 aromatic carbocycles. The third-order valence-corrected chi connectivity index (χ3v) is 2.47. The van der Waals surface area contributed by atoms with Crippen molar-refractivity contribution in [1.29, 1.82) is 0 Å². The van der Waals surface area contributed by atoms with Crippen molar-refractivity contribution >= 4 is 11.8 Å². The summed E-state index contributed by atoms with van der Waals surface area (Å²) in [4.78, 5) is 1.12. The third-order valence-electron chi connectivity index (χ3n) is 1.43. The highest BCUT2D eigenvalue weighted by Crippen LogP contribution is 2.18. The van der Waals surface area contributed by atoms with E-state index in [0.717, 1.165) is 11.0 Å². The predicted octanol–water partition coefficient (Wildman–Crippen LogP) is 3.95. The molecule has 0 bridgehead atoms. The molecule has 70 valence electrons. The standard InChI is InChI=1S/C10H10F2S/c11-10(12)7-4-8-13-9-5-2-1-3-6-9/h1-3,5-7H,4,8H2. The largest absolute Gasteiger partial charge is 0.266 e. The monoisotopic (exact) mass is 200 g/mol. The van der Waals surface area contributed by atoms with Crippen LogP contribution in [0.1, 0.15) is 6.42 Å². The number of thioether (sulfide) groups is 1. The Morgan fingerprint density at radius 3 is 2.54 bits per heavy atom. The molecule has 3 heteroatoms. The Kier molecular flexibility index (Phi) is 4.54. The lowest BCUT2D eigenvalue weighted by atomic mass is 10.4. The molecular formula is C10H10F2S. The normalized spacial score (nSPS) is 9.69. The van der Waals surface area contributed by atoms with Crippen molar-refractivity contribution < 1.29 is 8.78 Å². The summed E-state index contributed by atoms with van der Waals surface area (Å²) in [6.07, 6.45) is -0.216. The number of benzene rings is 1. The van der Waals surface area contributed by atoms with Gasteiger partial charge in [0, 0.05) is 10.6 Å². The first kappa shape index (κ1) is 10.3. The molecular weight excluding hydrogens is 190 g/mol. The smallest absolute Gasteiger partial charge is 0.174 e. The first-order valence-corrected chi connectivity index (χ1v) is 4.96. The number of hydrogen-bond acceptors (Lipinski definition) is 1. The van der Waals surface area contributed by atoms with Gasteiger partial charge in [0.2, 0.25) is 0 Å². The summed E-state index contributed by atoms with van der Waals surface area (Å²) in [7, 11) is 0. The Hall–Kier alpha value is -0.830. The van der Waals surface area contributed by atoms with Gasteiger partial charge in [0.05, 0.1) is 0 Å². The molecule has 0 fully saturated rings. The van der Waals surface area contributed by atoms with Gasteiger partial charge in [0.15, 0.2) is 0 Å². The molecule has 0 radical (unpaired) electrons. The molecule has 0 nitrogen and oxygen atoms in total. The van der Waals surface area contributed by atoms with Gasteiger partial charge in [-0.1, -0.05) is 18.2 Å². The summed E-state index contributed by atoms with van der Waals surface area (Å²) < 4.78 is 23.2. The summed E-state index contributed by atoms with van der Waals surface area (Å²) in [5.74, 6) is 0.696. The minimum absolute atomic E-state index is 0.419. The summed E-state index contributed by atoms with van der Waals surface area (Å²) >= 11 is 1.58. The average Bonchev–Trinajstić information content (AvgIpc) is 2.14. The molecule has 0 saturated carbocycles. The van der Waals surface area contributed by atoms with Gasteiger partial charge in [0.1, 0.15) is 0 Å². The van der Waals surface area contributed by atoms with Crippen molar-refractivity contribution in [3.63, 3.8) is 0 Å². The van der Waals surface area contributed by atoms with Crippen molar-refractivity contribution in [1.82, 2.24) is 0 Å². The van der Waals surface area contributed by atoms with Gasteiger partial charge in [-0.2, -0.15) is 8.78 Å². The van der Waals surface area contributed by atoms with Crippen LogP contribution in [0.15, 0.2) is 47.4 Å². The molecule has 1 rings (SSSR count). The fourth-order valence-electron chi connectivity index (χ4n) is 0.862. The predicted molar refractivity (Wildman–Crippen MR) is 52.1 cm³/mol. The highest BCUT2D eigenvalue weighted by Gasteiger charge is 1.92. The third kappa shape index (κ3) is 4.68. The number of halogens is 2. The molecule has 13 heavy (non-hydrogen) atoms. The molecule has 0 aliphatic heterocycles. The molecule has 0 aliphatic rings. The van der Waals surface area contributed by atoms with E-state index >= 15 is 0 Å². The minimum Gasteiger partial charge on any atom is -0.174 e. The maximum atomic E-state index is 11.6. The zero-order valence-corrected chi connectivity index (χ0v) is 7.86. The van der Waals surface area contributed by atoms with Crippen LogP contribution in [0.25, 0.3) is 0 Å². The van der Waals surface area contributed by atoms with E-state index in [2.05, 4.69) is 0 Å². The Balaban J connectivity index is 2.25. The molecule has 0 unspecified atom stereocenters. The fraction of sp³-hybridized carbons (Fsp3) is 0.200. The highest BCUT2D eigenvalue weighted by molar-refractivity contribution is 7.99. The van der Waals surface area contributed by atoms with Crippen LogP contribution in [0.2, 0.25) is 0 Å². The first-order chi connectivity index (χ1) is 6.29. The van der Waals surface area contributed by atoms with Gasteiger partial charge >= 0.3 is 0 Å². The van der Waals surface area contributed by atoms with Crippen LogP contribution in [0.3, 0.4) is 0 Å². The minimum atomic E-state index is -1.59. The van der Waals surface area contributed by atoms with Gasteiger partial charge in [-0.3, -0.25) is 0 Å². The van der Waals surface area contributed by atoms with E-state index in [4.69, 9.17) is 0 Å². The van der Waals surface area contributed by atoms with Gasteiger partial charge in [-0.25, -0.2) is 0 Å². The number of rotatable bonds is 4. The summed E-state index contributed by atoms with van der Waals surface area (Å²) in [6, 6.07) is 9.76. The van der Waals surface area contributed by atoms with E-state index in [1.165, 1.54) is 0 Å². The van der Waals surface area contributed by atoms with Crippen LogP contribution in [0, 0.1) is 0 Å². The van der Waals surface area contributed by atoms with Gasteiger partial charge in [-0.15, -0.1) is 11.8 Å². The van der Waals surface area contributed by atoms with Crippen molar-refractivity contribution in [3.8, 4) is 0 Å². The van der Waals surface area contributed by atoms with Crippen LogP contribution in [0.5, 0.6) is 0 Å². The van der Waals surface area contributed by atoms with Crippen LogP contribution in [-0.2, 0) is 0 Å². The average molecular weight is 200 g/mol. The first-order valence-electron chi connectivity index (χ1n) is 3.98. The molecule has 0 spiro atoms. The van der Waals surface area contributed by atoms with Crippen molar-refractivity contribution in [2.24, 2.45) is 0 Å². The lowest BCUT2D eigenvalue weighted by Gasteiger charge is -1.97. The molecule has 0 atom stereocenters. The second-order valence-electron chi connectivity index (χ2n) is 2.44. The van der Waals surface area contributed by atoms with E-state index in [1.54, 1.807) is 11.8 Å². The van der Waals surface area contributed by atoms with E-state index < -0.39 is 6.08 Å². The second kappa shape index (κ2) is 5.75. The molecule has 0 saturated heterocycles. The molecule has 0 heterocycles. The molecule has 1 aromatic rings. The maximum Gasteiger partial charge on any atom is 0.266 e. The fourth-order valence-corrected chi connectivity index (χ4v) is 1.68. The van der Waals surface area contributed by atoms with Crippen LogP contribution < -0.4 is 0 Å². The molecule has 0 aromatic heterocycles. The maximum absolute atomic E-state index is 11.6. The summed E-state index contributed by atoms with van der Waals surface area (Å²) in [6.45, 7) is 0. The van der Waals surface area contributed by atoms with Crippen molar-refractivity contribution in [2.45, 2.75) is 11.3 Å². The van der Waals surface area contributed by atoms with Crippen LogP contribution >= 0.6 is 11.8 Å². The Bertz CT molecular complexity index is 266. The van der Waals surface area contributed by atoms with E-state index in [-0.39, 0.29) is 0 Å². The summed E-state index contributed by atoms with van der Waals surface area (Å²) in [5.41, 5.74) is 0. The zero-order chi connectivity index (χ0) is 9.52. The molecule has 0 aliphatic carbocycles. The molecule has 0 amide bonds. The second-order valence-corrected chi connectivity index (χ2v) is 3.61. The lowest BCUT2D eigenvalue weighted by molar-refractivity contribution is 0.418. The van der Waals surface area contributed by atoms with Crippen LogP contribution in [-0.4, -0.2) is 5.75 Å². The van der Waals surface area contributed by atoms with Gasteiger partial charge in [-0.05, 0) is 24.6 Å². The van der Waals surface area contributed by atoms with Gasteiger partial charge < -0.3 is 0 Å². The van der Waals surface area contributed by atoms with Gasteiger partial charge in [0.25, 0.3) is 6.08 Å². The zero-order valence-electron chi connectivity index (χ0n) is 7.04. The highest BCUT2D eigenvalue weighted by atomic mass is 32.2.